The van der Waals surface area contributed by atoms with Crippen LogP contribution in [-0.2, 0) is 0 Å². The van der Waals surface area contributed by atoms with Gasteiger partial charge in [0.25, 0.3) is 5.91 Å². The predicted molar refractivity (Wildman–Crippen MR) is 75.2 cm³/mol. The number of halogens is 1. The molecule has 0 spiro atoms. The standard InChI is InChI=1S/C15H19ClN2O/c16-14-9-17-7-5-13(14)15(19)18-8-6-11-3-1-2-4-12(11)10-18/h5,7,9,11-12H,1-4,6,8,10H2. The van der Waals surface area contributed by atoms with E-state index in [1.54, 1.807) is 18.5 Å². The maximum Gasteiger partial charge on any atom is 0.255 e. The van der Waals surface area contributed by atoms with Crippen molar-refractivity contribution in [2.75, 3.05) is 13.1 Å². The van der Waals surface area contributed by atoms with Crippen LogP contribution in [0.5, 0.6) is 0 Å². The van der Waals surface area contributed by atoms with E-state index >= 15 is 0 Å². The second kappa shape index (κ2) is 5.49. The van der Waals surface area contributed by atoms with E-state index in [1.165, 1.54) is 25.7 Å². The zero-order valence-electron chi connectivity index (χ0n) is 11.0. The van der Waals surface area contributed by atoms with Gasteiger partial charge in [-0.3, -0.25) is 9.78 Å². The van der Waals surface area contributed by atoms with Crippen LogP contribution in [0.3, 0.4) is 0 Å². The lowest BCUT2D eigenvalue weighted by molar-refractivity contribution is 0.0521. The number of fused-ring (bicyclic) bond motifs is 1. The lowest BCUT2D eigenvalue weighted by Gasteiger charge is -2.41. The fourth-order valence-corrected chi connectivity index (χ4v) is 3.70. The first kappa shape index (κ1) is 12.9. The molecule has 2 fully saturated rings. The number of hydrogen-bond acceptors (Lipinski definition) is 2. The van der Waals surface area contributed by atoms with E-state index in [9.17, 15) is 4.79 Å². The largest absolute Gasteiger partial charge is 0.338 e. The summed E-state index contributed by atoms with van der Waals surface area (Å²) in [6.45, 7) is 1.78. The Balaban J connectivity index is 1.73. The first-order valence-corrected chi connectivity index (χ1v) is 7.52. The Bertz CT molecular complexity index is 477. The van der Waals surface area contributed by atoms with Gasteiger partial charge in [0.05, 0.1) is 10.6 Å². The molecule has 2 atom stereocenters. The third kappa shape index (κ3) is 2.62. The molecule has 1 saturated carbocycles. The van der Waals surface area contributed by atoms with Crippen molar-refractivity contribution in [1.82, 2.24) is 9.88 Å². The van der Waals surface area contributed by atoms with Crippen molar-refractivity contribution in [3.63, 3.8) is 0 Å². The molecule has 0 aromatic carbocycles. The highest BCUT2D eigenvalue weighted by Crippen LogP contribution is 2.36. The average Bonchev–Trinajstić information content (AvgIpc) is 2.46. The molecule has 3 rings (SSSR count). The van der Waals surface area contributed by atoms with E-state index in [4.69, 9.17) is 11.6 Å². The van der Waals surface area contributed by atoms with Crippen molar-refractivity contribution in [3.05, 3.63) is 29.0 Å². The molecule has 1 saturated heterocycles. The minimum Gasteiger partial charge on any atom is -0.338 e. The van der Waals surface area contributed by atoms with E-state index in [1.807, 2.05) is 4.90 Å². The van der Waals surface area contributed by atoms with Crippen molar-refractivity contribution in [2.24, 2.45) is 11.8 Å². The number of aromatic nitrogens is 1. The molecule has 1 aromatic heterocycles. The van der Waals surface area contributed by atoms with Gasteiger partial charge in [0.2, 0.25) is 0 Å². The van der Waals surface area contributed by atoms with Gasteiger partial charge in [0.1, 0.15) is 0 Å². The quantitative estimate of drug-likeness (QED) is 0.789. The van der Waals surface area contributed by atoms with Crippen molar-refractivity contribution in [3.8, 4) is 0 Å². The van der Waals surface area contributed by atoms with Gasteiger partial charge in [-0.25, -0.2) is 0 Å². The Kier molecular flexibility index (Phi) is 3.74. The van der Waals surface area contributed by atoms with Crippen LogP contribution in [0.1, 0.15) is 42.5 Å². The molecular formula is C15H19ClN2O. The monoisotopic (exact) mass is 278 g/mol. The molecule has 0 bridgehead atoms. The molecule has 1 aliphatic heterocycles. The highest BCUT2D eigenvalue weighted by atomic mass is 35.5. The lowest BCUT2D eigenvalue weighted by atomic mass is 9.75. The Hall–Kier alpha value is -1.09. The number of hydrogen-bond donors (Lipinski definition) is 0. The summed E-state index contributed by atoms with van der Waals surface area (Å²) in [6, 6.07) is 1.72. The maximum atomic E-state index is 12.5. The molecule has 2 heterocycles. The zero-order valence-corrected chi connectivity index (χ0v) is 11.8. The Morgan fingerprint density at radius 2 is 2.05 bits per heavy atom. The topological polar surface area (TPSA) is 33.2 Å². The molecule has 2 aliphatic rings. The molecule has 102 valence electrons. The van der Waals surface area contributed by atoms with E-state index in [2.05, 4.69) is 4.98 Å². The molecule has 2 unspecified atom stereocenters. The number of piperidine rings is 1. The van der Waals surface area contributed by atoms with Crippen LogP contribution in [0.15, 0.2) is 18.5 Å². The number of carbonyl (C=O) groups excluding carboxylic acids is 1. The smallest absolute Gasteiger partial charge is 0.255 e. The summed E-state index contributed by atoms with van der Waals surface area (Å²) in [5, 5.41) is 0.457. The van der Waals surface area contributed by atoms with Crippen LogP contribution in [-0.4, -0.2) is 28.9 Å². The highest BCUT2D eigenvalue weighted by Gasteiger charge is 2.33. The van der Waals surface area contributed by atoms with Crippen molar-refractivity contribution in [2.45, 2.75) is 32.1 Å². The summed E-state index contributed by atoms with van der Waals surface area (Å²) in [5.41, 5.74) is 0.589. The molecule has 1 amide bonds. The summed E-state index contributed by atoms with van der Waals surface area (Å²) < 4.78 is 0. The average molecular weight is 279 g/mol. The van der Waals surface area contributed by atoms with Crippen molar-refractivity contribution >= 4 is 17.5 Å². The minimum atomic E-state index is 0.0661. The number of likely N-dealkylation sites (tertiary alicyclic amines) is 1. The third-order valence-corrected chi connectivity index (χ3v) is 4.88. The van der Waals surface area contributed by atoms with E-state index in [0.29, 0.717) is 16.5 Å². The number of carbonyl (C=O) groups is 1. The van der Waals surface area contributed by atoms with E-state index in [-0.39, 0.29) is 5.91 Å². The number of rotatable bonds is 1. The van der Waals surface area contributed by atoms with E-state index < -0.39 is 0 Å². The van der Waals surface area contributed by atoms with Gasteiger partial charge < -0.3 is 4.90 Å². The van der Waals surface area contributed by atoms with Gasteiger partial charge in [-0.15, -0.1) is 0 Å². The predicted octanol–water partition coefficient (Wildman–Crippen LogP) is 3.39. The van der Waals surface area contributed by atoms with Crippen LogP contribution in [0.4, 0.5) is 0 Å². The summed E-state index contributed by atoms with van der Waals surface area (Å²) in [5.74, 6) is 1.61. The molecule has 1 aromatic rings. The molecule has 0 radical (unpaired) electrons. The van der Waals surface area contributed by atoms with Gasteiger partial charge in [0.15, 0.2) is 0 Å². The molecule has 1 aliphatic carbocycles. The zero-order chi connectivity index (χ0) is 13.2. The normalized spacial score (nSPS) is 26.9. The van der Waals surface area contributed by atoms with Crippen LogP contribution in [0.2, 0.25) is 5.02 Å². The first-order valence-electron chi connectivity index (χ1n) is 7.14. The molecular weight excluding hydrogens is 260 g/mol. The minimum absolute atomic E-state index is 0.0661. The second-order valence-electron chi connectivity index (χ2n) is 5.70. The molecule has 3 nitrogen and oxygen atoms in total. The van der Waals surface area contributed by atoms with Crippen LogP contribution >= 0.6 is 11.6 Å². The Morgan fingerprint density at radius 1 is 1.26 bits per heavy atom. The third-order valence-electron chi connectivity index (χ3n) is 4.58. The molecule has 0 N–H and O–H groups in total. The number of pyridine rings is 1. The second-order valence-corrected chi connectivity index (χ2v) is 6.11. The maximum absolute atomic E-state index is 12.5. The number of amides is 1. The van der Waals surface area contributed by atoms with Crippen LogP contribution in [0.25, 0.3) is 0 Å². The van der Waals surface area contributed by atoms with Gasteiger partial charge in [-0.1, -0.05) is 30.9 Å². The first-order chi connectivity index (χ1) is 9.25. The van der Waals surface area contributed by atoms with Gasteiger partial charge >= 0.3 is 0 Å². The SMILES string of the molecule is O=C(c1ccncc1Cl)N1CCC2CCCCC2C1. The highest BCUT2D eigenvalue weighted by molar-refractivity contribution is 6.33. The fraction of sp³-hybridized carbons (Fsp3) is 0.600. The Labute approximate surface area is 119 Å². The van der Waals surface area contributed by atoms with Crippen molar-refractivity contribution < 1.29 is 4.79 Å². The van der Waals surface area contributed by atoms with Crippen LogP contribution in [0, 0.1) is 11.8 Å². The summed E-state index contributed by atoms with van der Waals surface area (Å²) in [7, 11) is 0. The molecule has 19 heavy (non-hydrogen) atoms. The van der Waals surface area contributed by atoms with E-state index in [0.717, 1.165) is 25.4 Å². The van der Waals surface area contributed by atoms with Gasteiger partial charge in [0, 0.05) is 25.5 Å². The van der Waals surface area contributed by atoms with Gasteiger partial charge in [-0.2, -0.15) is 0 Å². The van der Waals surface area contributed by atoms with Crippen LogP contribution < -0.4 is 0 Å². The van der Waals surface area contributed by atoms with Crippen molar-refractivity contribution in [1.29, 1.82) is 0 Å². The Morgan fingerprint density at radius 3 is 2.84 bits per heavy atom. The lowest BCUT2D eigenvalue weighted by Crippen LogP contribution is -2.44. The summed E-state index contributed by atoms with van der Waals surface area (Å²) in [4.78, 5) is 18.4. The summed E-state index contributed by atoms with van der Waals surface area (Å²) >= 11 is 6.07. The number of nitrogens with zero attached hydrogens (tertiary/aromatic N) is 2. The molecule has 4 heteroatoms. The van der Waals surface area contributed by atoms with Gasteiger partial charge in [-0.05, 0) is 30.7 Å². The fourth-order valence-electron chi connectivity index (χ4n) is 3.50. The summed E-state index contributed by atoms with van der Waals surface area (Å²) in [6.07, 6.45) is 9.64.